The predicted molar refractivity (Wildman–Crippen MR) is 74.9 cm³/mol. The number of nitrogens with zero attached hydrogens (tertiary/aromatic N) is 2. The van der Waals surface area contributed by atoms with E-state index in [4.69, 9.17) is 9.26 Å². The van der Waals surface area contributed by atoms with Crippen molar-refractivity contribution in [3.8, 4) is 5.75 Å². The van der Waals surface area contributed by atoms with Crippen molar-refractivity contribution < 1.29 is 9.26 Å². The number of hydrogen-bond acceptors (Lipinski definition) is 5. The van der Waals surface area contributed by atoms with E-state index in [-0.39, 0.29) is 0 Å². The van der Waals surface area contributed by atoms with Gasteiger partial charge in [0.1, 0.15) is 5.75 Å². The van der Waals surface area contributed by atoms with Gasteiger partial charge in [0.2, 0.25) is 5.89 Å². The Morgan fingerprint density at radius 2 is 2.40 bits per heavy atom. The molecule has 0 amide bonds. The Hall–Kier alpha value is -1.88. The Morgan fingerprint density at radius 3 is 3.20 bits per heavy atom. The molecule has 1 saturated heterocycles. The molecule has 5 nitrogen and oxygen atoms in total. The van der Waals surface area contributed by atoms with Crippen LogP contribution in [0, 0.1) is 0 Å². The maximum atomic E-state index is 5.40. The molecule has 0 aliphatic carbocycles. The van der Waals surface area contributed by atoms with Crippen LogP contribution in [0.4, 0.5) is 0 Å². The Morgan fingerprint density at radius 1 is 1.45 bits per heavy atom. The maximum Gasteiger partial charge on any atom is 0.231 e. The van der Waals surface area contributed by atoms with Crippen molar-refractivity contribution in [3.63, 3.8) is 0 Å². The van der Waals surface area contributed by atoms with Gasteiger partial charge in [0.25, 0.3) is 0 Å². The van der Waals surface area contributed by atoms with Gasteiger partial charge < -0.3 is 14.6 Å². The van der Waals surface area contributed by atoms with Gasteiger partial charge in [-0.05, 0) is 37.1 Å². The van der Waals surface area contributed by atoms with E-state index in [1.165, 1.54) is 0 Å². The average Bonchev–Trinajstić information content (AvgIpc) is 2.97. The molecule has 0 unspecified atom stereocenters. The fourth-order valence-electron chi connectivity index (χ4n) is 2.53. The lowest BCUT2D eigenvalue weighted by atomic mass is 10.00. The highest BCUT2D eigenvalue weighted by atomic mass is 16.5. The number of ether oxygens (including phenoxy) is 1. The summed E-state index contributed by atoms with van der Waals surface area (Å²) in [4.78, 5) is 4.53. The normalized spacial score (nSPS) is 18.9. The van der Waals surface area contributed by atoms with Crippen LogP contribution in [0.25, 0.3) is 0 Å². The highest BCUT2D eigenvalue weighted by molar-refractivity contribution is 5.30. The van der Waals surface area contributed by atoms with Crippen LogP contribution in [0.15, 0.2) is 28.8 Å². The minimum atomic E-state index is 0.357. The van der Waals surface area contributed by atoms with Crippen molar-refractivity contribution in [2.75, 3.05) is 20.2 Å². The molecule has 0 spiro atoms. The topological polar surface area (TPSA) is 60.2 Å². The quantitative estimate of drug-likeness (QED) is 0.924. The molecule has 1 aliphatic heterocycles. The maximum absolute atomic E-state index is 5.40. The van der Waals surface area contributed by atoms with Crippen LogP contribution >= 0.6 is 0 Å². The lowest BCUT2D eigenvalue weighted by Gasteiger charge is -2.18. The van der Waals surface area contributed by atoms with Crippen molar-refractivity contribution in [3.05, 3.63) is 41.5 Å². The van der Waals surface area contributed by atoms with Gasteiger partial charge in [0.05, 0.1) is 13.0 Å². The van der Waals surface area contributed by atoms with Gasteiger partial charge >= 0.3 is 0 Å². The SMILES string of the molecule is COc1cccc(Cc2noc([C@@H]3CCCNC3)n2)c1. The first-order chi connectivity index (χ1) is 9.85. The van der Waals surface area contributed by atoms with Gasteiger partial charge in [-0.15, -0.1) is 0 Å². The molecule has 1 fully saturated rings. The Kier molecular flexibility index (Phi) is 3.97. The second kappa shape index (κ2) is 6.05. The van der Waals surface area contributed by atoms with E-state index < -0.39 is 0 Å². The fourth-order valence-corrected chi connectivity index (χ4v) is 2.53. The zero-order valence-electron chi connectivity index (χ0n) is 11.6. The molecular formula is C15H19N3O2. The van der Waals surface area contributed by atoms with Crippen LogP contribution in [0.2, 0.25) is 0 Å². The first kappa shape index (κ1) is 13.1. The molecule has 2 heterocycles. The summed E-state index contributed by atoms with van der Waals surface area (Å²) >= 11 is 0. The van der Waals surface area contributed by atoms with Crippen molar-refractivity contribution in [2.45, 2.75) is 25.2 Å². The number of benzene rings is 1. The lowest BCUT2D eigenvalue weighted by Crippen LogP contribution is -2.28. The molecule has 0 saturated carbocycles. The number of aromatic nitrogens is 2. The predicted octanol–water partition coefficient (Wildman–Crippen LogP) is 2.14. The minimum absolute atomic E-state index is 0.357. The summed E-state index contributed by atoms with van der Waals surface area (Å²) in [6, 6.07) is 7.94. The standard InChI is InChI=1S/C15H19N3O2/c1-19-13-6-2-4-11(8-13)9-14-17-15(20-18-14)12-5-3-7-16-10-12/h2,4,6,8,12,16H,3,5,7,9-10H2,1H3/t12-/m1/s1. The van der Waals surface area contributed by atoms with Gasteiger partial charge in [0.15, 0.2) is 5.82 Å². The second-order valence-electron chi connectivity index (χ2n) is 5.12. The molecule has 1 atom stereocenters. The van der Waals surface area contributed by atoms with E-state index in [0.717, 1.165) is 49.0 Å². The monoisotopic (exact) mass is 273 g/mol. The molecule has 3 rings (SSSR count). The van der Waals surface area contributed by atoms with Crippen LogP contribution in [-0.2, 0) is 6.42 Å². The average molecular weight is 273 g/mol. The van der Waals surface area contributed by atoms with Crippen molar-refractivity contribution in [1.82, 2.24) is 15.5 Å². The smallest absolute Gasteiger partial charge is 0.231 e. The summed E-state index contributed by atoms with van der Waals surface area (Å²) in [5, 5.41) is 7.45. The molecule has 1 N–H and O–H groups in total. The molecule has 2 aromatic rings. The zero-order chi connectivity index (χ0) is 13.8. The van der Waals surface area contributed by atoms with E-state index in [1.807, 2.05) is 24.3 Å². The second-order valence-corrected chi connectivity index (χ2v) is 5.12. The third-order valence-corrected chi connectivity index (χ3v) is 3.63. The summed E-state index contributed by atoms with van der Waals surface area (Å²) < 4.78 is 10.6. The molecule has 106 valence electrons. The number of nitrogens with one attached hydrogen (secondary N) is 1. The van der Waals surface area contributed by atoms with Gasteiger partial charge in [-0.2, -0.15) is 4.98 Å². The van der Waals surface area contributed by atoms with Crippen LogP contribution in [0.3, 0.4) is 0 Å². The lowest BCUT2D eigenvalue weighted by molar-refractivity contribution is 0.320. The third kappa shape index (κ3) is 2.99. The van der Waals surface area contributed by atoms with Gasteiger partial charge in [-0.25, -0.2) is 0 Å². The van der Waals surface area contributed by atoms with Crippen molar-refractivity contribution >= 4 is 0 Å². The van der Waals surface area contributed by atoms with E-state index >= 15 is 0 Å². The highest BCUT2D eigenvalue weighted by Crippen LogP contribution is 2.22. The summed E-state index contributed by atoms with van der Waals surface area (Å²) in [5.74, 6) is 2.70. The largest absolute Gasteiger partial charge is 0.497 e. The number of rotatable bonds is 4. The molecular weight excluding hydrogens is 254 g/mol. The molecule has 1 aromatic heterocycles. The fraction of sp³-hybridized carbons (Fsp3) is 0.467. The summed E-state index contributed by atoms with van der Waals surface area (Å²) in [7, 11) is 1.67. The van der Waals surface area contributed by atoms with Crippen molar-refractivity contribution in [1.29, 1.82) is 0 Å². The van der Waals surface area contributed by atoms with Gasteiger partial charge in [-0.1, -0.05) is 17.3 Å². The van der Waals surface area contributed by atoms with Crippen LogP contribution in [-0.4, -0.2) is 30.3 Å². The van der Waals surface area contributed by atoms with Crippen LogP contribution in [0.1, 0.15) is 36.0 Å². The van der Waals surface area contributed by atoms with Crippen LogP contribution < -0.4 is 10.1 Å². The van der Waals surface area contributed by atoms with E-state index in [0.29, 0.717) is 12.3 Å². The van der Waals surface area contributed by atoms with Crippen LogP contribution in [0.5, 0.6) is 5.75 Å². The molecule has 0 bridgehead atoms. The Labute approximate surface area is 118 Å². The van der Waals surface area contributed by atoms with Crippen molar-refractivity contribution in [2.24, 2.45) is 0 Å². The minimum Gasteiger partial charge on any atom is -0.497 e. The van der Waals surface area contributed by atoms with E-state index in [1.54, 1.807) is 7.11 Å². The molecule has 1 aromatic carbocycles. The summed E-state index contributed by atoms with van der Waals surface area (Å²) in [5.41, 5.74) is 1.12. The van der Waals surface area contributed by atoms with Gasteiger partial charge in [-0.3, -0.25) is 0 Å². The number of methoxy groups -OCH3 is 1. The first-order valence-corrected chi connectivity index (χ1v) is 7.01. The Bertz CT molecular complexity index is 562. The first-order valence-electron chi connectivity index (χ1n) is 7.01. The van der Waals surface area contributed by atoms with E-state index in [9.17, 15) is 0 Å². The third-order valence-electron chi connectivity index (χ3n) is 3.63. The zero-order valence-corrected chi connectivity index (χ0v) is 11.6. The Balaban J connectivity index is 1.70. The number of hydrogen-bond donors (Lipinski definition) is 1. The number of piperidine rings is 1. The summed E-state index contributed by atoms with van der Waals surface area (Å²) in [6.45, 7) is 2.02. The molecule has 5 heteroatoms. The summed E-state index contributed by atoms with van der Waals surface area (Å²) in [6.07, 6.45) is 2.95. The molecule has 0 radical (unpaired) electrons. The van der Waals surface area contributed by atoms with E-state index in [2.05, 4.69) is 15.5 Å². The highest BCUT2D eigenvalue weighted by Gasteiger charge is 2.21. The molecule has 1 aliphatic rings. The molecule has 20 heavy (non-hydrogen) atoms. The van der Waals surface area contributed by atoms with Gasteiger partial charge in [0, 0.05) is 13.0 Å².